The molecule has 0 rings (SSSR count). The number of nitrogens with one attached hydrogen (secondary N) is 1. The van der Waals surface area contributed by atoms with E-state index < -0.39 is 11.9 Å². The summed E-state index contributed by atoms with van der Waals surface area (Å²) in [5, 5.41) is 16.9. The van der Waals surface area contributed by atoms with Crippen molar-refractivity contribution in [2.45, 2.75) is 5.97 Å². The standard InChI is InChI=1S/C3H8N2O4/c1-9-3(7,8)2(6)5-4/h7-8H,4H2,1H3,(H,5,6). The number of ether oxygens (including phenoxy) is 1. The maximum atomic E-state index is 10.2. The molecule has 0 saturated heterocycles. The van der Waals surface area contributed by atoms with E-state index in [2.05, 4.69) is 10.6 Å². The van der Waals surface area contributed by atoms with Crippen molar-refractivity contribution in [3.8, 4) is 0 Å². The molecule has 0 atom stereocenters. The third kappa shape index (κ3) is 1.94. The first-order valence-electron chi connectivity index (χ1n) is 2.05. The lowest BCUT2D eigenvalue weighted by atomic mass is 10.5. The molecule has 0 fully saturated rings. The fourth-order valence-corrected chi connectivity index (χ4v) is 0.187. The number of hydrazine groups is 1. The Labute approximate surface area is 51.2 Å². The van der Waals surface area contributed by atoms with Crippen LogP contribution in [-0.4, -0.2) is 29.2 Å². The summed E-state index contributed by atoms with van der Waals surface area (Å²) in [5.41, 5.74) is 1.49. The van der Waals surface area contributed by atoms with Crippen LogP contribution in [0, 0.1) is 0 Å². The molecule has 0 aromatic carbocycles. The van der Waals surface area contributed by atoms with Crippen molar-refractivity contribution in [2.24, 2.45) is 5.84 Å². The van der Waals surface area contributed by atoms with Gasteiger partial charge in [-0.15, -0.1) is 0 Å². The Morgan fingerprint density at radius 1 is 1.78 bits per heavy atom. The molecule has 0 unspecified atom stereocenters. The molecule has 0 aliphatic rings. The minimum Gasteiger partial charge on any atom is -0.336 e. The molecular formula is C3H8N2O4. The fraction of sp³-hybridized carbons (Fsp3) is 0.667. The Morgan fingerprint density at radius 2 is 2.22 bits per heavy atom. The zero-order valence-corrected chi connectivity index (χ0v) is 4.79. The highest BCUT2D eigenvalue weighted by Crippen LogP contribution is 1.96. The number of amides is 1. The summed E-state index contributed by atoms with van der Waals surface area (Å²) >= 11 is 0. The van der Waals surface area contributed by atoms with E-state index in [0.717, 1.165) is 7.11 Å². The largest absolute Gasteiger partial charge is 0.363 e. The normalized spacial score (nSPS) is 11.1. The maximum absolute atomic E-state index is 10.2. The first kappa shape index (κ1) is 8.31. The fourth-order valence-electron chi connectivity index (χ4n) is 0.187. The highest BCUT2D eigenvalue weighted by atomic mass is 16.8. The van der Waals surface area contributed by atoms with Gasteiger partial charge in [-0.1, -0.05) is 0 Å². The van der Waals surface area contributed by atoms with Crippen LogP contribution in [-0.2, 0) is 9.53 Å². The number of carbonyl (C=O) groups excluding carboxylic acids is 1. The molecule has 0 aromatic rings. The lowest BCUT2D eigenvalue weighted by Gasteiger charge is -2.15. The minimum atomic E-state index is -2.82. The minimum absolute atomic E-state index is 0.954. The Balaban J connectivity index is 3.97. The molecule has 54 valence electrons. The third-order valence-electron chi connectivity index (χ3n) is 0.712. The lowest BCUT2D eigenvalue weighted by molar-refractivity contribution is -0.302. The average molecular weight is 136 g/mol. The highest BCUT2D eigenvalue weighted by Gasteiger charge is 2.32. The first-order valence-corrected chi connectivity index (χ1v) is 2.05. The molecule has 6 heteroatoms. The molecule has 6 nitrogen and oxygen atoms in total. The van der Waals surface area contributed by atoms with E-state index in [9.17, 15) is 4.79 Å². The molecule has 0 aromatic heterocycles. The van der Waals surface area contributed by atoms with Crippen LogP contribution in [0.4, 0.5) is 0 Å². The second-order valence-corrected chi connectivity index (χ2v) is 1.29. The Kier molecular flexibility index (Phi) is 2.53. The van der Waals surface area contributed by atoms with Gasteiger partial charge in [0, 0.05) is 7.11 Å². The molecule has 5 N–H and O–H groups in total. The lowest BCUT2D eigenvalue weighted by Crippen LogP contribution is -2.50. The number of nitrogens with two attached hydrogens (primary N) is 1. The van der Waals surface area contributed by atoms with E-state index in [1.54, 1.807) is 0 Å². The molecule has 0 saturated carbocycles. The van der Waals surface area contributed by atoms with Crippen molar-refractivity contribution in [3.05, 3.63) is 0 Å². The van der Waals surface area contributed by atoms with Crippen LogP contribution < -0.4 is 11.3 Å². The molecule has 0 aliphatic heterocycles. The molecule has 0 heterocycles. The van der Waals surface area contributed by atoms with Gasteiger partial charge in [0.25, 0.3) is 0 Å². The second-order valence-electron chi connectivity index (χ2n) is 1.29. The average Bonchev–Trinajstić information content (AvgIpc) is 1.86. The van der Waals surface area contributed by atoms with Crippen LogP contribution in [0.25, 0.3) is 0 Å². The quantitative estimate of drug-likeness (QED) is 0.143. The molecule has 0 radical (unpaired) electrons. The number of hydrogen-bond donors (Lipinski definition) is 4. The van der Waals surface area contributed by atoms with Gasteiger partial charge in [0.2, 0.25) is 0 Å². The number of rotatable bonds is 2. The maximum Gasteiger partial charge on any atom is 0.363 e. The van der Waals surface area contributed by atoms with E-state index in [4.69, 9.17) is 10.2 Å². The zero-order valence-electron chi connectivity index (χ0n) is 4.79. The summed E-state index contributed by atoms with van der Waals surface area (Å²) in [6, 6.07) is 0. The predicted molar refractivity (Wildman–Crippen MR) is 26.5 cm³/mol. The van der Waals surface area contributed by atoms with Crippen molar-refractivity contribution >= 4 is 5.91 Å². The molecule has 0 spiro atoms. The van der Waals surface area contributed by atoms with Crippen LogP contribution in [0.3, 0.4) is 0 Å². The Hall–Kier alpha value is -0.690. The van der Waals surface area contributed by atoms with Crippen LogP contribution >= 0.6 is 0 Å². The van der Waals surface area contributed by atoms with Gasteiger partial charge in [-0.3, -0.25) is 10.2 Å². The summed E-state index contributed by atoms with van der Waals surface area (Å²) in [6.07, 6.45) is 0. The van der Waals surface area contributed by atoms with E-state index in [1.165, 1.54) is 5.43 Å². The van der Waals surface area contributed by atoms with Gasteiger partial charge in [0.05, 0.1) is 0 Å². The summed E-state index contributed by atoms with van der Waals surface area (Å²) < 4.78 is 3.91. The summed E-state index contributed by atoms with van der Waals surface area (Å²) in [5.74, 6) is 0.492. The predicted octanol–water partition coefficient (Wildman–Crippen LogP) is -2.74. The van der Waals surface area contributed by atoms with Gasteiger partial charge < -0.3 is 14.9 Å². The van der Waals surface area contributed by atoms with Gasteiger partial charge in [0.1, 0.15) is 0 Å². The molecule has 9 heavy (non-hydrogen) atoms. The van der Waals surface area contributed by atoms with Crippen LogP contribution in [0.15, 0.2) is 0 Å². The van der Waals surface area contributed by atoms with Gasteiger partial charge in [-0.25, -0.2) is 5.84 Å². The van der Waals surface area contributed by atoms with E-state index in [-0.39, 0.29) is 0 Å². The summed E-state index contributed by atoms with van der Waals surface area (Å²) in [7, 11) is 0.954. The highest BCUT2D eigenvalue weighted by molar-refractivity contribution is 5.80. The van der Waals surface area contributed by atoms with Crippen molar-refractivity contribution in [3.63, 3.8) is 0 Å². The molecule has 0 bridgehead atoms. The monoisotopic (exact) mass is 136 g/mol. The zero-order chi connectivity index (χ0) is 7.49. The van der Waals surface area contributed by atoms with Gasteiger partial charge in [-0.2, -0.15) is 0 Å². The van der Waals surface area contributed by atoms with E-state index >= 15 is 0 Å². The van der Waals surface area contributed by atoms with E-state index in [0.29, 0.717) is 0 Å². The second kappa shape index (κ2) is 2.74. The molecular weight excluding hydrogens is 128 g/mol. The van der Waals surface area contributed by atoms with Crippen LogP contribution in [0.2, 0.25) is 0 Å². The summed E-state index contributed by atoms with van der Waals surface area (Å²) in [6.45, 7) is 0. The first-order chi connectivity index (χ1) is 4.04. The summed E-state index contributed by atoms with van der Waals surface area (Å²) in [4.78, 5) is 10.2. The Morgan fingerprint density at radius 3 is 2.33 bits per heavy atom. The van der Waals surface area contributed by atoms with Gasteiger partial charge >= 0.3 is 11.9 Å². The number of hydrogen-bond acceptors (Lipinski definition) is 5. The van der Waals surface area contributed by atoms with Gasteiger partial charge in [0.15, 0.2) is 0 Å². The van der Waals surface area contributed by atoms with Crippen molar-refractivity contribution in [1.82, 2.24) is 5.43 Å². The molecule has 1 amide bonds. The number of aliphatic hydroxyl groups is 2. The molecule has 0 aliphatic carbocycles. The van der Waals surface area contributed by atoms with Crippen molar-refractivity contribution in [1.29, 1.82) is 0 Å². The van der Waals surface area contributed by atoms with Crippen molar-refractivity contribution < 1.29 is 19.7 Å². The van der Waals surface area contributed by atoms with E-state index in [1.807, 2.05) is 0 Å². The van der Waals surface area contributed by atoms with Crippen LogP contribution in [0.5, 0.6) is 0 Å². The number of carbonyl (C=O) groups is 1. The Bertz CT molecular complexity index is 112. The van der Waals surface area contributed by atoms with Gasteiger partial charge in [-0.05, 0) is 0 Å². The number of methoxy groups -OCH3 is 1. The smallest absolute Gasteiger partial charge is 0.336 e. The van der Waals surface area contributed by atoms with Crippen LogP contribution in [0.1, 0.15) is 0 Å². The third-order valence-corrected chi connectivity index (χ3v) is 0.712. The topological polar surface area (TPSA) is 105 Å². The van der Waals surface area contributed by atoms with Crippen molar-refractivity contribution in [2.75, 3.05) is 7.11 Å². The SMILES string of the molecule is COC(O)(O)C(=O)NN.